The maximum Gasteiger partial charge on any atom is 0.412 e. The molecule has 0 aliphatic carbocycles. The molecule has 0 radical (unpaired) electrons. The van der Waals surface area contributed by atoms with Gasteiger partial charge in [0.15, 0.2) is 0 Å². The van der Waals surface area contributed by atoms with Gasteiger partial charge in [0.2, 0.25) is 5.97 Å². The maximum atomic E-state index is 13.1. The van der Waals surface area contributed by atoms with Gasteiger partial charge in [0.05, 0.1) is 11.3 Å². The standard InChI is InChI=1S/C14H15FN2O2/c1-5-9-6-7-11(10(8-9)12(15)16)17-13(18)19-14(2,3)4/h1,6-8,16H,2-4H3,(H,17,18). The number of hydrogen-bond donors (Lipinski definition) is 2. The zero-order valence-electron chi connectivity index (χ0n) is 11.0. The second kappa shape index (κ2) is 5.53. The second-order valence-electron chi connectivity index (χ2n) is 4.85. The monoisotopic (exact) mass is 262 g/mol. The van der Waals surface area contributed by atoms with Gasteiger partial charge in [0.1, 0.15) is 5.60 Å². The minimum absolute atomic E-state index is 0.0821. The fourth-order valence-corrected chi connectivity index (χ4v) is 1.34. The van der Waals surface area contributed by atoms with E-state index in [0.29, 0.717) is 5.56 Å². The highest BCUT2D eigenvalue weighted by molar-refractivity contribution is 6.00. The van der Waals surface area contributed by atoms with Crippen molar-refractivity contribution < 1.29 is 13.9 Å². The first kappa shape index (κ1) is 14.7. The Labute approximate surface area is 111 Å². The summed E-state index contributed by atoms with van der Waals surface area (Å²) in [5.74, 6) is 1.16. The summed E-state index contributed by atoms with van der Waals surface area (Å²) >= 11 is 0. The molecule has 100 valence electrons. The zero-order valence-corrected chi connectivity index (χ0v) is 11.0. The summed E-state index contributed by atoms with van der Waals surface area (Å²) < 4.78 is 18.2. The molecule has 0 saturated heterocycles. The lowest BCUT2D eigenvalue weighted by atomic mass is 10.1. The van der Waals surface area contributed by atoms with Crippen molar-refractivity contribution in [3.05, 3.63) is 29.3 Å². The van der Waals surface area contributed by atoms with Gasteiger partial charge in [-0.05, 0) is 39.0 Å². The molecule has 0 saturated carbocycles. The lowest BCUT2D eigenvalue weighted by molar-refractivity contribution is 0.0636. The van der Waals surface area contributed by atoms with Crippen LogP contribution in [0.2, 0.25) is 0 Å². The molecule has 1 aromatic rings. The number of anilines is 1. The first-order valence-corrected chi connectivity index (χ1v) is 5.58. The Morgan fingerprint density at radius 2 is 2.11 bits per heavy atom. The molecule has 4 nitrogen and oxygen atoms in total. The smallest absolute Gasteiger partial charge is 0.412 e. The van der Waals surface area contributed by atoms with E-state index < -0.39 is 17.7 Å². The normalized spacial score (nSPS) is 10.5. The minimum atomic E-state index is -1.18. The summed E-state index contributed by atoms with van der Waals surface area (Å²) in [6.07, 6.45) is 4.48. The SMILES string of the molecule is C#Cc1ccc(NC(=O)OC(C)(C)C)c(C(=N)F)c1. The number of nitrogens with one attached hydrogen (secondary N) is 2. The van der Waals surface area contributed by atoms with E-state index in [1.807, 2.05) is 0 Å². The molecule has 5 heteroatoms. The number of carbonyl (C=O) groups excluding carboxylic acids is 1. The Morgan fingerprint density at radius 1 is 1.47 bits per heavy atom. The molecule has 0 aliphatic rings. The van der Waals surface area contributed by atoms with Gasteiger partial charge in [-0.15, -0.1) is 6.42 Å². The summed E-state index contributed by atoms with van der Waals surface area (Å²) in [6, 6.07) is 4.29. The first-order valence-electron chi connectivity index (χ1n) is 5.58. The van der Waals surface area contributed by atoms with E-state index in [1.165, 1.54) is 12.1 Å². The highest BCUT2D eigenvalue weighted by atomic mass is 19.1. The summed E-state index contributed by atoms with van der Waals surface area (Å²) in [4.78, 5) is 11.6. The Kier molecular flexibility index (Phi) is 4.28. The fraction of sp³-hybridized carbons (Fsp3) is 0.286. The number of terminal acetylenes is 1. The number of benzene rings is 1. The molecule has 1 rings (SSSR count). The van der Waals surface area contributed by atoms with Crippen LogP contribution in [-0.2, 0) is 4.74 Å². The molecule has 0 spiro atoms. The summed E-state index contributed by atoms with van der Waals surface area (Å²) in [6.45, 7) is 5.14. The van der Waals surface area contributed by atoms with Crippen molar-refractivity contribution in [1.82, 2.24) is 0 Å². The van der Waals surface area contributed by atoms with Crippen LogP contribution in [0.1, 0.15) is 31.9 Å². The van der Waals surface area contributed by atoms with Crippen LogP contribution in [0.4, 0.5) is 14.9 Å². The second-order valence-corrected chi connectivity index (χ2v) is 4.85. The van der Waals surface area contributed by atoms with Crippen molar-refractivity contribution in [3.8, 4) is 12.3 Å². The number of hydrogen-bond acceptors (Lipinski definition) is 3. The third kappa shape index (κ3) is 4.43. The molecular weight excluding hydrogens is 247 g/mol. The van der Waals surface area contributed by atoms with Gasteiger partial charge < -0.3 is 4.74 Å². The van der Waals surface area contributed by atoms with Gasteiger partial charge in [0.25, 0.3) is 0 Å². The van der Waals surface area contributed by atoms with Crippen LogP contribution in [-0.4, -0.2) is 17.7 Å². The van der Waals surface area contributed by atoms with Crippen molar-refractivity contribution in [2.24, 2.45) is 0 Å². The van der Waals surface area contributed by atoms with E-state index in [0.717, 1.165) is 0 Å². The van der Waals surface area contributed by atoms with Crippen LogP contribution in [0, 0.1) is 17.8 Å². The summed E-state index contributed by atoms with van der Waals surface area (Å²) in [5, 5.41) is 9.43. The lowest BCUT2D eigenvalue weighted by Gasteiger charge is -2.20. The third-order valence-electron chi connectivity index (χ3n) is 2.06. The minimum Gasteiger partial charge on any atom is -0.444 e. The van der Waals surface area contributed by atoms with Crippen LogP contribution < -0.4 is 5.32 Å². The van der Waals surface area contributed by atoms with Crippen LogP contribution in [0.25, 0.3) is 0 Å². The van der Waals surface area contributed by atoms with Gasteiger partial charge in [-0.3, -0.25) is 10.7 Å². The van der Waals surface area contributed by atoms with E-state index in [4.69, 9.17) is 16.6 Å². The Balaban J connectivity index is 2.99. The lowest BCUT2D eigenvalue weighted by Crippen LogP contribution is -2.27. The quantitative estimate of drug-likeness (QED) is 0.634. The molecule has 0 atom stereocenters. The van der Waals surface area contributed by atoms with Gasteiger partial charge in [-0.1, -0.05) is 5.92 Å². The van der Waals surface area contributed by atoms with Gasteiger partial charge in [0, 0.05) is 5.56 Å². The van der Waals surface area contributed by atoms with Crippen LogP contribution in [0.3, 0.4) is 0 Å². The number of rotatable bonds is 2. The number of carbonyl (C=O) groups is 1. The largest absolute Gasteiger partial charge is 0.444 e. The highest BCUT2D eigenvalue weighted by Gasteiger charge is 2.18. The van der Waals surface area contributed by atoms with E-state index in [-0.39, 0.29) is 11.3 Å². The molecule has 0 aromatic heterocycles. The molecule has 2 N–H and O–H groups in total. The van der Waals surface area contributed by atoms with Gasteiger partial charge >= 0.3 is 6.09 Å². The molecule has 0 heterocycles. The first-order chi connectivity index (χ1) is 8.73. The predicted molar refractivity (Wildman–Crippen MR) is 72.2 cm³/mol. The molecule has 19 heavy (non-hydrogen) atoms. The van der Waals surface area contributed by atoms with Gasteiger partial charge in [-0.25, -0.2) is 4.79 Å². The van der Waals surface area contributed by atoms with E-state index in [2.05, 4.69) is 11.2 Å². The molecule has 0 fully saturated rings. The average Bonchev–Trinajstić information content (AvgIpc) is 2.26. The van der Waals surface area contributed by atoms with E-state index >= 15 is 0 Å². The number of halogens is 1. The molecule has 1 amide bonds. The molecular formula is C14H15FN2O2. The predicted octanol–water partition coefficient (Wildman–Crippen LogP) is 3.31. The number of ether oxygens (including phenoxy) is 1. The van der Waals surface area contributed by atoms with Crippen molar-refractivity contribution in [2.75, 3.05) is 5.32 Å². The average molecular weight is 262 g/mol. The Hall–Kier alpha value is -2.35. The van der Waals surface area contributed by atoms with Crippen molar-refractivity contribution in [2.45, 2.75) is 26.4 Å². The molecule has 1 aromatic carbocycles. The molecule has 0 aliphatic heterocycles. The fourth-order valence-electron chi connectivity index (χ4n) is 1.34. The Bertz CT molecular complexity index is 554. The topological polar surface area (TPSA) is 62.2 Å². The van der Waals surface area contributed by atoms with Crippen LogP contribution in [0.15, 0.2) is 18.2 Å². The third-order valence-corrected chi connectivity index (χ3v) is 2.06. The summed E-state index contributed by atoms with van der Waals surface area (Å²) in [7, 11) is 0. The summed E-state index contributed by atoms with van der Waals surface area (Å²) in [5.41, 5.74) is -0.180. The van der Waals surface area contributed by atoms with E-state index in [9.17, 15) is 9.18 Å². The van der Waals surface area contributed by atoms with Crippen molar-refractivity contribution >= 4 is 17.7 Å². The molecule has 0 unspecified atom stereocenters. The number of amides is 1. The Morgan fingerprint density at radius 3 is 2.58 bits per heavy atom. The van der Waals surface area contributed by atoms with Crippen LogP contribution in [0.5, 0.6) is 0 Å². The van der Waals surface area contributed by atoms with Crippen LogP contribution >= 0.6 is 0 Å². The van der Waals surface area contributed by atoms with Crippen molar-refractivity contribution in [1.29, 1.82) is 5.41 Å². The van der Waals surface area contributed by atoms with Gasteiger partial charge in [-0.2, -0.15) is 4.39 Å². The maximum absolute atomic E-state index is 13.1. The molecule has 0 bridgehead atoms. The van der Waals surface area contributed by atoms with E-state index in [1.54, 1.807) is 26.8 Å². The zero-order chi connectivity index (χ0) is 14.6. The highest BCUT2D eigenvalue weighted by Crippen LogP contribution is 2.20. The van der Waals surface area contributed by atoms with Crippen molar-refractivity contribution in [3.63, 3.8) is 0 Å².